The largest absolute Gasteiger partial charge is 0.462 e. The van der Waals surface area contributed by atoms with E-state index in [2.05, 4.69) is 39.0 Å². The number of ether oxygens (including phenoxy) is 3. The Bertz CT molecular complexity index is 1460. The summed E-state index contributed by atoms with van der Waals surface area (Å²) in [6.45, 7) is 6.21. The highest BCUT2D eigenvalue weighted by molar-refractivity contribution is 5.71. The normalized spacial score (nSPS) is 13.4. The minimum absolute atomic E-state index is 0.127. The van der Waals surface area contributed by atoms with Gasteiger partial charge in [-0.2, -0.15) is 0 Å². The molecule has 6 heteroatoms. The Hall–Kier alpha value is -4.71. The van der Waals surface area contributed by atoms with Crippen LogP contribution >= 0.6 is 0 Å². The lowest BCUT2D eigenvalue weighted by Gasteiger charge is -2.18. The van der Waals surface area contributed by atoms with Crippen molar-refractivity contribution in [1.29, 1.82) is 0 Å². The molecular weight excluding hydrogens is 781 g/mol. The van der Waals surface area contributed by atoms with Crippen molar-refractivity contribution in [2.75, 3.05) is 13.2 Å². The van der Waals surface area contributed by atoms with Crippen molar-refractivity contribution in [3.63, 3.8) is 0 Å². The number of carbonyl (C=O) groups is 3. The van der Waals surface area contributed by atoms with Crippen LogP contribution in [0.1, 0.15) is 175 Å². The van der Waals surface area contributed by atoms with Gasteiger partial charge < -0.3 is 14.2 Å². The van der Waals surface area contributed by atoms with Gasteiger partial charge in [0.1, 0.15) is 13.2 Å². The minimum atomic E-state index is -0.838. The molecule has 63 heavy (non-hydrogen) atoms. The van der Waals surface area contributed by atoms with E-state index >= 15 is 0 Å². The molecule has 0 aromatic heterocycles. The van der Waals surface area contributed by atoms with E-state index < -0.39 is 12.1 Å². The van der Waals surface area contributed by atoms with Gasteiger partial charge in [0.15, 0.2) is 6.10 Å². The SMILES string of the molecule is CC/C=C/C=C/C=C/C=C/C=C/C=C/C=C/CCCCCC(=O)OCC(COC(=O)CCCCCCCCCCCCCCC)OC(=O)CCC/C=C/C=C/C=C/C=C/C=C/CC. The Balaban J connectivity index is 4.61. The fourth-order valence-corrected chi connectivity index (χ4v) is 6.04. The molecule has 0 bridgehead atoms. The van der Waals surface area contributed by atoms with E-state index in [1.165, 1.54) is 64.2 Å². The second-order valence-electron chi connectivity index (χ2n) is 15.6. The zero-order chi connectivity index (χ0) is 45.8. The highest BCUT2D eigenvalue weighted by Gasteiger charge is 2.19. The van der Waals surface area contributed by atoms with Crippen molar-refractivity contribution in [3.05, 3.63) is 146 Å². The van der Waals surface area contributed by atoms with Crippen LogP contribution < -0.4 is 0 Å². The van der Waals surface area contributed by atoms with E-state index in [1.807, 2.05) is 128 Å². The third-order valence-corrected chi connectivity index (χ3v) is 9.66. The summed E-state index contributed by atoms with van der Waals surface area (Å²) < 4.78 is 16.6. The van der Waals surface area contributed by atoms with Gasteiger partial charge >= 0.3 is 17.9 Å². The molecule has 0 saturated carbocycles. The minimum Gasteiger partial charge on any atom is -0.462 e. The smallest absolute Gasteiger partial charge is 0.306 e. The summed E-state index contributed by atoms with van der Waals surface area (Å²) in [5, 5.41) is 0. The van der Waals surface area contributed by atoms with Gasteiger partial charge in [0.05, 0.1) is 0 Å². The summed E-state index contributed by atoms with van der Waals surface area (Å²) in [4.78, 5) is 37.9. The van der Waals surface area contributed by atoms with Gasteiger partial charge in [-0.15, -0.1) is 0 Å². The molecule has 0 rings (SSSR count). The van der Waals surface area contributed by atoms with Gasteiger partial charge in [-0.1, -0.05) is 250 Å². The lowest BCUT2D eigenvalue weighted by Crippen LogP contribution is -2.30. The highest BCUT2D eigenvalue weighted by atomic mass is 16.6. The monoisotopic (exact) mass is 867 g/mol. The topological polar surface area (TPSA) is 78.9 Å². The van der Waals surface area contributed by atoms with Crippen LogP contribution in [0.15, 0.2) is 146 Å². The molecule has 0 heterocycles. The molecule has 0 radical (unpaired) electrons. The van der Waals surface area contributed by atoms with Crippen molar-refractivity contribution in [2.45, 2.75) is 181 Å². The van der Waals surface area contributed by atoms with Gasteiger partial charge in [0.2, 0.25) is 0 Å². The molecule has 0 amide bonds. The lowest BCUT2D eigenvalue weighted by atomic mass is 10.0. The third-order valence-electron chi connectivity index (χ3n) is 9.66. The van der Waals surface area contributed by atoms with Crippen LogP contribution in [0.3, 0.4) is 0 Å². The first-order valence-electron chi connectivity index (χ1n) is 24.5. The Morgan fingerprint density at radius 2 is 0.635 bits per heavy atom. The molecule has 0 saturated heterocycles. The Morgan fingerprint density at radius 1 is 0.333 bits per heavy atom. The molecule has 1 unspecified atom stereocenters. The van der Waals surface area contributed by atoms with E-state index in [0.717, 1.165) is 57.8 Å². The highest BCUT2D eigenvalue weighted by Crippen LogP contribution is 2.14. The number of hydrogen-bond donors (Lipinski definition) is 0. The number of rotatable bonds is 41. The standard InChI is InChI=1S/C57H86O6/c1-4-7-10-13-16-19-22-25-26-27-28-29-30-33-35-38-41-44-47-50-56(59)62-53-54(63-57(60)51-48-45-42-39-36-32-24-21-18-15-12-9-6-3)52-61-55(58)49-46-43-40-37-34-31-23-20-17-14-11-8-5-2/h7,9-10,12-13,15-16,18-19,21-22,24-30,32-33,35-36,39,42,54H,4-6,8,11,14,17,20,23,31,34,37-38,40-41,43-53H2,1-3H3/b10-7+,12-9+,16-13+,18-15+,22-19+,24-21+,26-25+,28-27+,30-29+,35-33+,36-32+,42-39+. The maximum absolute atomic E-state index is 12.7. The van der Waals surface area contributed by atoms with Crippen LogP contribution in [-0.4, -0.2) is 37.2 Å². The van der Waals surface area contributed by atoms with Crippen molar-refractivity contribution in [3.8, 4) is 0 Å². The molecule has 0 aliphatic rings. The summed E-state index contributed by atoms with van der Waals surface area (Å²) in [5.74, 6) is -1.06. The second kappa shape index (κ2) is 49.9. The van der Waals surface area contributed by atoms with Crippen LogP contribution in [0.2, 0.25) is 0 Å². The van der Waals surface area contributed by atoms with Crippen molar-refractivity contribution < 1.29 is 28.6 Å². The second-order valence-corrected chi connectivity index (χ2v) is 15.6. The number of allylic oxidation sites excluding steroid dienone is 24. The zero-order valence-corrected chi connectivity index (χ0v) is 39.8. The average molecular weight is 867 g/mol. The first-order valence-corrected chi connectivity index (χ1v) is 24.5. The molecule has 0 aromatic carbocycles. The lowest BCUT2D eigenvalue weighted by molar-refractivity contribution is -0.167. The van der Waals surface area contributed by atoms with Crippen LogP contribution in [0.5, 0.6) is 0 Å². The fourth-order valence-electron chi connectivity index (χ4n) is 6.04. The number of unbranched alkanes of at least 4 members (excludes halogenated alkanes) is 16. The summed E-state index contributed by atoms with van der Waals surface area (Å²) in [5.41, 5.74) is 0. The van der Waals surface area contributed by atoms with Gasteiger partial charge in [-0.05, 0) is 51.4 Å². The Morgan fingerprint density at radius 3 is 1.02 bits per heavy atom. The summed E-state index contributed by atoms with van der Waals surface area (Å²) >= 11 is 0. The summed E-state index contributed by atoms with van der Waals surface area (Å²) in [7, 11) is 0. The molecule has 1 atom stereocenters. The van der Waals surface area contributed by atoms with Gasteiger partial charge in [-0.3, -0.25) is 14.4 Å². The van der Waals surface area contributed by atoms with Crippen molar-refractivity contribution >= 4 is 17.9 Å². The summed E-state index contributed by atoms with van der Waals surface area (Å²) in [6.07, 6.45) is 71.2. The van der Waals surface area contributed by atoms with E-state index in [4.69, 9.17) is 14.2 Å². The quantitative estimate of drug-likeness (QED) is 0.0264. The number of esters is 3. The first kappa shape index (κ1) is 58.3. The number of carbonyl (C=O) groups excluding carboxylic acids is 3. The molecule has 0 spiro atoms. The van der Waals surface area contributed by atoms with Gasteiger partial charge in [0.25, 0.3) is 0 Å². The zero-order valence-electron chi connectivity index (χ0n) is 39.8. The summed E-state index contributed by atoms with van der Waals surface area (Å²) in [6, 6.07) is 0. The van der Waals surface area contributed by atoms with Crippen LogP contribution in [0.25, 0.3) is 0 Å². The van der Waals surface area contributed by atoms with E-state index in [9.17, 15) is 14.4 Å². The predicted octanol–water partition coefficient (Wildman–Crippen LogP) is 16.1. The average Bonchev–Trinajstić information content (AvgIpc) is 3.28. The van der Waals surface area contributed by atoms with Crippen molar-refractivity contribution in [2.24, 2.45) is 0 Å². The van der Waals surface area contributed by atoms with Crippen LogP contribution in [0, 0.1) is 0 Å². The molecule has 0 aliphatic carbocycles. The van der Waals surface area contributed by atoms with Gasteiger partial charge in [-0.25, -0.2) is 0 Å². The van der Waals surface area contributed by atoms with Gasteiger partial charge in [0, 0.05) is 19.3 Å². The molecule has 350 valence electrons. The fraction of sp³-hybridized carbons (Fsp3) is 0.526. The predicted molar refractivity (Wildman–Crippen MR) is 269 cm³/mol. The van der Waals surface area contributed by atoms with E-state index in [-0.39, 0.29) is 38.0 Å². The molecular formula is C57H86O6. The molecule has 0 fully saturated rings. The molecule has 0 aromatic rings. The van der Waals surface area contributed by atoms with Crippen LogP contribution in [-0.2, 0) is 28.6 Å². The van der Waals surface area contributed by atoms with E-state index in [1.54, 1.807) is 0 Å². The maximum atomic E-state index is 12.7. The molecule has 0 N–H and O–H groups in total. The van der Waals surface area contributed by atoms with E-state index in [0.29, 0.717) is 19.3 Å². The maximum Gasteiger partial charge on any atom is 0.306 e. The Kier molecular flexibility index (Phi) is 46.2. The molecule has 0 aliphatic heterocycles. The van der Waals surface area contributed by atoms with Crippen LogP contribution in [0.4, 0.5) is 0 Å². The Labute approximate surface area is 385 Å². The first-order chi connectivity index (χ1) is 31.0. The third kappa shape index (κ3) is 48.2. The number of hydrogen-bond acceptors (Lipinski definition) is 6. The molecule has 6 nitrogen and oxygen atoms in total. The van der Waals surface area contributed by atoms with Crippen molar-refractivity contribution in [1.82, 2.24) is 0 Å².